The average molecular weight is 112 g/mol. The van der Waals surface area contributed by atoms with Gasteiger partial charge in [0.05, 0.1) is 0 Å². The van der Waals surface area contributed by atoms with Gasteiger partial charge in [0.1, 0.15) is 6.26 Å². The summed E-state index contributed by atoms with van der Waals surface area (Å²) in [6.07, 6.45) is 1.53. The molecule has 0 unspecified atom stereocenters. The molecular weight excluding hydrogens is 104 g/mol. The van der Waals surface area contributed by atoms with E-state index in [0.29, 0.717) is 6.42 Å². The van der Waals surface area contributed by atoms with Gasteiger partial charge in [0.15, 0.2) is 0 Å². The molecule has 0 atom stereocenters. The first-order valence-electron chi connectivity index (χ1n) is 2.35. The Bertz CT molecular complexity index is 120. The second-order valence-electron chi connectivity index (χ2n) is 1.17. The van der Waals surface area contributed by atoms with E-state index in [0.717, 1.165) is 6.26 Å². The molecule has 0 aromatic rings. The molecule has 0 aromatic carbocycles. The van der Waals surface area contributed by atoms with Crippen LogP contribution < -0.4 is 0 Å². The molecule has 0 saturated carbocycles. The molecule has 0 aromatic heterocycles. The molecule has 2 nitrogen and oxygen atoms in total. The molecule has 8 heavy (non-hydrogen) atoms. The van der Waals surface area contributed by atoms with E-state index in [1.807, 2.05) is 0 Å². The Balaban J connectivity index is 3.39. The van der Waals surface area contributed by atoms with E-state index in [4.69, 9.17) is 0 Å². The molecule has 0 aliphatic rings. The molecule has 0 aliphatic heterocycles. The van der Waals surface area contributed by atoms with Crippen molar-refractivity contribution in [2.75, 3.05) is 0 Å². The highest BCUT2D eigenvalue weighted by molar-refractivity contribution is 5.69. The van der Waals surface area contributed by atoms with E-state index < -0.39 is 0 Å². The van der Waals surface area contributed by atoms with E-state index >= 15 is 0 Å². The number of ether oxygens (including phenoxy) is 1. The molecule has 0 bridgehead atoms. The predicted molar refractivity (Wildman–Crippen MR) is 30.1 cm³/mol. The van der Waals surface area contributed by atoms with Gasteiger partial charge < -0.3 is 4.74 Å². The second kappa shape index (κ2) is 4.16. The van der Waals surface area contributed by atoms with Gasteiger partial charge in [0.2, 0.25) is 0 Å². The lowest BCUT2D eigenvalue weighted by Gasteiger charge is -1.88. The highest BCUT2D eigenvalue weighted by Crippen LogP contribution is 1.82. The first kappa shape index (κ1) is 6.99. The van der Waals surface area contributed by atoms with Crippen molar-refractivity contribution in [2.45, 2.75) is 13.3 Å². The summed E-state index contributed by atoms with van der Waals surface area (Å²) in [5.41, 5.74) is 2.31. The number of hydrogen-bond acceptors (Lipinski definition) is 2. The van der Waals surface area contributed by atoms with Crippen molar-refractivity contribution in [3.63, 3.8) is 0 Å². The van der Waals surface area contributed by atoms with Crippen LogP contribution in [0.25, 0.3) is 0 Å². The molecule has 0 fully saturated rings. The Morgan fingerprint density at radius 1 is 2.00 bits per heavy atom. The van der Waals surface area contributed by atoms with Gasteiger partial charge in [-0.25, -0.2) is 0 Å². The Morgan fingerprint density at radius 2 is 2.62 bits per heavy atom. The van der Waals surface area contributed by atoms with Crippen LogP contribution in [-0.4, -0.2) is 5.97 Å². The van der Waals surface area contributed by atoms with E-state index in [-0.39, 0.29) is 5.97 Å². The predicted octanol–water partition coefficient (Wildman–Crippen LogP) is 1.24. The highest BCUT2D eigenvalue weighted by atomic mass is 16.5. The second-order valence-corrected chi connectivity index (χ2v) is 1.17. The summed E-state index contributed by atoms with van der Waals surface area (Å²) >= 11 is 0. The Labute approximate surface area is 48.5 Å². The summed E-state index contributed by atoms with van der Waals surface area (Å²) in [6.45, 7) is 4.93. The zero-order chi connectivity index (χ0) is 6.41. The first-order chi connectivity index (χ1) is 3.81. The maximum Gasteiger partial charge on any atom is 0.310 e. The van der Waals surface area contributed by atoms with Gasteiger partial charge >= 0.3 is 5.97 Å². The molecule has 0 saturated heterocycles. The lowest BCUT2D eigenvalue weighted by Crippen LogP contribution is -1.94. The Hall–Kier alpha value is -1.01. The summed E-state index contributed by atoms with van der Waals surface area (Å²) < 4.78 is 4.40. The Morgan fingerprint density at radius 3 is 3.00 bits per heavy atom. The molecule has 0 rings (SSSR count). The average Bonchev–Trinajstić information content (AvgIpc) is 1.83. The monoisotopic (exact) mass is 112 g/mol. The molecule has 0 aliphatic carbocycles. The molecular formula is C6H8O2. The summed E-state index contributed by atoms with van der Waals surface area (Å²) in [5.74, 6) is -0.263. The lowest BCUT2D eigenvalue weighted by atomic mass is 10.5. The quantitative estimate of drug-likeness (QED) is 0.305. The van der Waals surface area contributed by atoms with Crippen molar-refractivity contribution < 1.29 is 9.53 Å². The van der Waals surface area contributed by atoms with Crippen molar-refractivity contribution in [1.82, 2.24) is 0 Å². The van der Waals surface area contributed by atoms with Crippen molar-refractivity contribution in [3.8, 4) is 0 Å². The molecule has 0 heterocycles. The SMILES string of the molecule is C=C=COC(=O)CC. The van der Waals surface area contributed by atoms with Crippen LogP contribution in [-0.2, 0) is 9.53 Å². The number of rotatable bonds is 2. The maximum absolute atomic E-state index is 10.2. The number of carbonyl (C=O) groups excluding carboxylic acids is 1. The zero-order valence-electron chi connectivity index (χ0n) is 4.81. The van der Waals surface area contributed by atoms with Crippen molar-refractivity contribution in [1.29, 1.82) is 0 Å². The van der Waals surface area contributed by atoms with Crippen LogP contribution in [0, 0.1) is 0 Å². The van der Waals surface area contributed by atoms with Crippen LogP contribution in [0.3, 0.4) is 0 Å². The van der Waals surface area contributed by atoms with E-state index in [1.165, 1.54) is 0 Å². The van der Waals surface area contributed by atoms with Gasteiger partial charge in [-0.3, -0.25) is 4.79 Å². The minimum Gasteiger partial charge on any atom is -0.426 e. The minimum absolute atomic E-state index is 0.263. The van der Waals surface area contributed by atoms with Crippen molar-refractivity contribution >= 4 is 5.97 Å². The van der Waals surface area contributed by atoms with Gasteiger partial charge in [0.25, 0.3) is 0 Å². The summed E-state index contributed by atoms with van der Waals surface area (Å²) in [4.78, 5) is 10.2. The van der Waals surface area contributed by atoms with Crippen molar-refractivity contribution in [3.05, 3.63) is 18.6 Å². The van der Waals surface area contributed by atoms with Crippen LogP contribution in [0.15, 0.2) is 18.6 Å². The third kappa shape index (κ3) is 3.19. The van der Waals surface area contributed by atoms with Crippen molar-refractivity contribution in [2.24, 2.45) is 0 Å². The molecule has 0 spiro atoms. The number of esters is 1. The standard InChI is InChI=1S/C6H8O2/c1-3-5-8-6(7)4-2/h5H,1,4H2,2H3. The first-order valence-corrected chi connectivity index (χ1v) is 2.35. The lowest BCUT2D eigenvalue weighted by molar-refractivity contribution is -0.137. The topological polar surface area (TPSA) is 26.3 Å². The Kier molecular flexibility index (Phi) is 3.63. The normalized spacial score (nSPS) is 7.12. The molecule has 44 valence electrons. The van der Waals surface area contributed by atoms with Gasteiger partial charge in [-0.1, -0.05) is 19.2 Å². The summed E-state index contributed by atoms with van der Waals surface area (Å²) in [5, 5.41) is 0. The van der Waals surface area contributed by atoms with E-state index in [9.17, 15) is 4.79 Å². The number of carbonyl (C=O) groups is 1. The maximum atomic E-state index is 10.2. The van der Waals surface area contributed by atoms with Crippen LogP contribution in [0.5, 0.6) is 0 Å². The third-order valence-electron chi connectivity index (χ3n) is 0.562. The van der Waals surface area contributed by atoms with Gasteiger partial charge in [0, 0.05) is 6.42 Å². The zero-order valence-corrected chi connectivity index (χ0v) is 4.81. The molecule has 0 amide bonds. The fraction of sp³-hybridized carbons (Fsp3) is 0.333. The fourth-order valence-corrected chi connectivity index (χ4v) is 0.191. The van der Waals surface area contributed by atoms with Crippen LogP contribution in [0.1, 0.15) is 13.3 Å². The van der Waals surface area contributed by atoms with E-state index in [1.54, 1.807) is 6.92 Å². The fourth-order valence-electron chi connectivity index (χ4n) is 0.191. The van der Waals surface area contributed by atoms with Gasteiger partial charge in [-0.15, -0.1) is 0 Å². The third-order valence-corrected chi connectivity index (χ3v) is 0.562. The number of hydrogen-bond donors (Lipinski definition) is 0. The van der Waals surface area contributed by atoms with Gasteiger partial charge in [-0.05, 0) is 0 Å². The minimum atomic E-state index is -0.263. The molecule has 0 N–H and O–H groups in total. The van der Waals surface area contributed by atoms with Crippen LogP contribution in [0.2, 0.25) is 0 Å². The molecule has 2 heteroatoms. The highest BCUT2D eigenvalue weighted by Gasteiger charge is 1.90. The largest absolute Gasteiger partial charge is 0.426 e. The smallest absolute Gasteiger partial charge is 0.310 e. The van der Waals surface area contributed by atoms with E-state index in [2.05, 4.69) is 17.0 Å². The molecule has 0 radical (unpaired) electrons. The van der Waals surface area contributed by atoms with Gasteiger partial charge in [-0.2, -0.15) is 0 Å². The van der Waals surface area contributed by atoms with Crippen LogP contribution >= 0.6 is 0 Å². The summed E-state index contributed by atoms with van der Waals surface area (Å²) in [7, 11) is 0. The van der Waals surface area contributed by atoms with Crippen LogP contribution in [0.4, 0.5) is 0 Å². The summed E-state index contributed by atoms with van der Waals surface area (Å²) in [6, 6.07) is 0.